The van der Waals surface area contributed by atoms with Gasteiger partial charge < -0.3 is 0 Å². The molecule has 5 heteroatoms. The Morgan fingerprint density at radius 2 is 2.17 bits per heavy atom. The zero-order valence-corrected chi connectivity index (χ0v) is 8.21. The zero-order valence-electron chi connectivity index (χ0n) is 7.40. The molecule has 0 rings (SSSR count). The van der Waals surface area contributed by atoms with Crippen molar-refractivity contribution >= 4 is 16.6 Å². The minimum absolute atomic E-state index is 0.0936. The summed E-state index contributed by atoms with van der Waals surface area (Å²) in [6, 6.07) is 0. The molecule has 0 aliphatic carbocycles. The van der Waals surface area contributed by atoms with Crippen LogP contribution >= 0.6 is 0 Å². The van der Waals surface area contributed by atoms with Crippen molar-refractivity contribution in [3.8, 4) is 0 Å². The maximum Gasteiger partial charge on any atom is 0.149 e. The Labute approximate surface area is 73.5 Å². The predicted molar refractivity (Wildman–Crippen MR) is 50.8 cm³/mol. The van der Waals surface area contributed by atoms with Crippen LogP contribution in [0.15, 0.2) is 17.4 Å². The highest BCUT2D eigenvalue weighted by atomic mass is 32.2. The molecule has 0 atom stereocenters. The van der Waals surface area contributed by atoms with Crippen molar-refractivity contribution in [2.45, 2.75) is 6.92 Å². The average molecular weight is 190 g/mol. The van der Waals surface area contributed by atoms with E-state index in [1.807, 2.05) is 6.92 Å². The Kier molecular flexibility index (Phi) is 4.58. The first-order chi connectivity index (χ1) is 5.49. The van der Waals surface area contributed by atoms with Crippen LogP contribution in [0.25, 0.3) is 0 Å². The quantitative estimate of drug-likeness (QED) is 0.468. The maximum atomic E-state index is 10.7. The lowest BCUT2D eigenvalue weighted by Crippen LogP contribution is -2.19. The summed E-state index contributed by atoms with van der Waals surface area (Å²) < 4.78 is 21.5. The fourth-order valence-electron chi connectivity index (χ4n) is 0.624. The summed E-state index contributed by atoms with van der Waals surface area (Å²) >= 11 is 0. The van der Waals surface area contributed by atoms with Gasteiger partial charge >= 0.3 is 0 Å². The molecule has 4 nitrogen and oxygen atoms in total. The number of rotatable bonds is 5. The molecule has 12 heavy (non-hydrogen) atoms. The van der Waals surface area contributed by atoms with E-state index in [1.54, 1.807) is 12.3 Å². The molecule has 0 aromatic rings. The topological polar surface area (TPSA) is 49.7 Å². The molecule has 70 valence electrons. The van der Waals surface area contributed by atoms with Crippen molar-refractivity contribution in [2.75, 3.05) is 18.6 Å². The number of allylic oxidation sites excluding steroid dienone is 1. The second-order valence-corrected chi connectivity index (χ2v) is 4.68. The zero-order chi connectivity index (χ0) is 9.61. The van der Waals surface area contributed by atoms with Crippen molar-refractivity contribution in [1.82, 2.24) is 5.01 Å². The summed E-state index contributed by atoms with van der Waals surface area (Å²) in [5.41, 5.74) is 0. The predicted octanol–water partition coefficient (Wildman–Crippen LogP) is 0.482. The lowest BCUT2D eigenvalue weighted by atomic mass is 10.6. The van der Waals surface area contributed by atoms with Crippen molar-refractivity contribution in [3.05, 3.63) is 12.3 Å². The SMILES string of the molecule is C=NN(/C=C\C)CCS(C)(=O)=O. The van der Waals surface area contributed by atoms with Gasteiger partial charge in [-0.3, -0.25) is 5.01 Å². The average Bonchev–Trinajstić information content (AvgIpc) is 1.96. The lowest BCUT2D eigenvalue weighted by Gasteiger charge is -2.11. The lowest BCUT2D eigenvalue weighted by molar-refractivity contribution is 0.425. The third-order valence-electron chi connectivity index (χ3n) is 1.19. The van der Waals surface area contributed by atoms with Crippen molar-refractivity contribution < 1.29 is 8.42 Å². The number of nitrogens with zero attached hydrogens (tertiary/aromatic N) is 2. The van der Waals surface area contributed by atoms with E-state index in [0.29, 0.717) is 6.54 Å². The van der Waals surface area contributed by atoms with Crippen LogP contribution in [0.1, 0.15) is 6.92 Å². The Hall–Kier alpha value is -0.840. The molecule has 0 saturated carbocycles. The van der Waals surface area contributed by atoms with Crippen LogP contribution in [-0.4, -0.2) is 38.7 Å². The van der Waals surface area contributed by atoms with E-state index in [1.165, 1.54) is 11.3 Å². The van der Waals surface area contributed by atoms with Crippen molar-refractivity contribution in [3.63, 3.8) is 0 Å². The Morgan fingerprint density at radius 3 is 2.50 bits per heavy atom. The molecule has 0 aliphatic rings. The molecule has 0 radical (unpaired) electrons. The molecule has 0 aliphatic heterocycles. The van der Waals surface area contributed by atoms with Gasteiger partial charge in [0.05, 0.1) is 12.3 Å². The number of sulfone groups is 1. The van der Waals surface area contributed by atoms with Gasteiger partial charge in [-0.25, -0.2) is 8.42 Å². The fourth-order valence-corrected chi connectivity index (χ4v) is 1.14. The first-order valence-corrected chi connectivity index (χ1v) is 5.59. The summed E-state index contributed by atoms with van der Waals surface area (Å²) in [5.74, 6) is 0.0936. The summed E-state index contributed by atoms with van der Waals surface area (Å²) in [6.45, 7) is 5.50. The summed E-state index contributed by atoms with van der Waals surface area (Å²) in [6.07, 6.45) is 4.65. The van der Waals surface area contributed by atoms with Crippen LogP contribution < -0.4 is 0 Å². The van der Waals surface area contributed by atoms with Gasteiger partial charge in [0.25, 0.3) is 0 Å². The van der Waals surface area contributed by atoms with Crippen LogP contribution in [0.5, 0.6) is 0 Å². The molecule has 0 bridgehead atoms. The van der Waals surface area contributed by atoms with Crippen molar-refractivity contribution in [1.29, 1.82) is 0 Å². The Bertz CT molecular complexity index is 257. The molecule has 0 aromatic heterocycles. The van der Waals surface area contributed by atoms with Crippen LogP contribution in [0.2, 0.25) is 0 Å². The largest absolute Gasteiger partial charge is 0.273 e. The highest BCUT2D eigenvalue weighted by Gasteiger charge is 2.03. The van der Waals surface area contributed by atoms with Gasteiger partial charge in [-0.15, -0.1) is 0 Å². The van der Waals surface area contributed by atoms with Gasteiger partial charge in [0.15, 0.2) is 0 Å². The highest BCUT2D eigenvalue weighted by molar-refractivity contribution is 7.90. The van der Waals surface area contributed by atoms with Crippen LogP contribution in [-0.2, 0) is 9.84 Å². The van der Waals surface area contributed by atoms with Crippen LogP contribution in [0, 0.1) is 0 Å². The molecular formula is C7H14N2O2S. The first-order valence-electron chi connectivity index (χ1n) is 3.53. The smallest absolute Gasteiger partial charge is 0.149 e. The molecule has 0 unspecified atom stereocenters. The molecule has 0 N–H and O–H groups in total. The van der Waals surface area contributed by atoms with Crippen LogP contribution in [0.4, 0.5) is 0 Å². The molecule has 0 heterocycles. The van der Waals surface area contributed by atoms with Crippen LogP contribution in [0.3, 0.4) is 0 Å². The molecule has 0 aromatic carbocycles. The molecule has 0 saturated heterocycles. The third-order valence-corrected chi connectivity index (χ3v) is 2.12. The van der Waals surface area contributed by atoms with E-state index in [0.717, 1.165) is 0 Å². The fraction of sp³-hybridized carbons (Fsp3) is 0.571. The molecule has 0 spiro atoms. The van der Waals surface area contributed by atoms with Gasteiger partial charge in [-0.05, 0) is 6.92 Å². The minimum Gasteiger partial charge on any atom is -0.273 e. The van der Waals surface area contributed by atoms with E-state index in [9.17, 15) is 8.42 Å². The number of hydrogen-bond donors (Lipinski definition) is 0. The number of hydrazone groups is 1. The molecular weight excluding hydrogens is 176 g/mol. The van der Waals surface area contributed by atoms with E-state index >= 15 is 0 Å². The van der Waals surface area contributed by atoms with E-state index in [2.05, 4.69) is 11.8 Å². The number of hydrogen-bond acceptors (Lipinski definition) is 4. The standard InChI is InChI=1S/C7H14N2O2S/c1-4-5-9(8-2)6-7-12(3,10)11/h4-5H,2,6-7H2,1,3H3/b5-4-. The second-order valence-electron chi connectivity index (χ2n) is 2.42. The van der Waals surface area contributed by atoms with Gasteiger partial charge in [0, 0.05) is 19.2 Å². The van der Waals surface area contributed by atoms with Gasteiger partial charge in [-0.2, -0.15) is 5.10 Å². The normalized spacial score (nSPS) is 11.8. The summed E-state index contributed by atoms with van der Waals surface area (Å²) in [5, 5.41) is 5.10. The third kappa shape index (κ3) is 5.91. The van der Waals surface area contributed by atoms with E-state index in [-0.39, 0.29) is 5.75 Å². The monoisotopic (exact) mass is 190 g/mol. The first kappa shape index (κ1) is 11.2. The van der Waals surface area contributed by atoms with E-state index in [4.69, 9.17) is 0 Å². The maximum absolute atomic E-state index is 10.7. The van der Waals surface area contributed by atoms with Crippen molar-refractivity contribution in [2.24, 2.45) is 5.10 Å². The second kappa shape index (κ2) is 4.92. The summed E-state index contributed by atoms with van der Waals surface area (Å²) in [4.78, 5) is 0. The van der Waals surface area contributed by atoms with Gasteiger partial charge in [0.2, 0.25) is 0 Å². The van der Waals surface area contributed by atoms with Gasteiger partial charge in [-0.1, -0.05) is 6.08 Å². The minimum atomic E-state index is -2.91. The summed E-state index contributed by atoms with van der Waals surface area (Å²) in [7, 11) is -2.91. The van der Waals surface area contributed by atoms with Gasteiger partial charge in [0.1, 0.15) is 9.84 Å². The Morgan fingerprint density at radius 1 is 1.58 bits per heavy atom. The highest BCUT2D eigenvalue weighted by Crippen LogP contribution is 1.92. The van der Waals surface area contributed by atoms with E-state index < -0.39 is 9.84 Å². The molecule has 0 amide bonds. The Balaban J connectivity index is 3.98. The molecule has 0 fully saturated rings.